The zero-order valence-corrected chi connectivity index (χ0v) is 20.6. The molecule has 4 atom stereocenters. The molecule has 0 aromatic heterocycles. The fraction of sp³-hybridized carbons (Fsp3) is 0.200. The van der Waals surface area contributed by atoms with E-state index >= 15 is 0 Å². The minimum Gasteiger partial charge on any atom is -0.508 e. The minimum atomic E-state index is -0.582. The van der Waals surface area contributed by atoms with Gasteiger partial charge in [-0.3, -0.25) is 0 Å². The molecule has 0 spiro atoms. The van der Waals surface area contributed by atoms with Crippen molar-refractivity contribution >= 4 is 17.4 Å². The van der Waals surface area contributed by atoms with Crippen molar-refractivity contribution in [1.29, 1.82) is 0 Å². The van der Waals surface area contributed by atoms with Gasteiger partial charge in [-0.05, 0) is 53.1 Å². The maximum Gasteiger partial charge on any atom is 0.185 e. The molecule has 5 rings (SSSR count). The smallest absolute Gasteiger partial charge is 0.185 e. The molecule has 1 heterocycles. The second kappa shape index (κ2) is 11.2. The van der Waals surface area contributed by atoms with Gasteiger partial charge in [0.15, 0.2) is 6.29 Å². The molecule has 4 aromatic carbocycles. The molecule has 1 saturated heterocycles. The number of thioether (sulfide) groups is 1. The van der Waals surface area contributed by atoms with Crippen molar-refractivity contribution in [3.05, 3.63) is 125 Å². The maximum atomic E-state index is 9.67. The van der Waals surface area contributed by atoms with Crippen molar-refractivity contribution in [2.24, 2.45) is 0 Å². The summed E-state index contributed by atoms with van der Waals surface area (Å²) in [5.41, 5.74) is 10.6. The number of aliphatic hydroxyl groups is 1. The SMILES string of the molecule is Nc1cccc(C2OC(CSc3ccc(O)cc3)C(c3ccccc3)C(c3ccc(CO)cc3)O2)c1. The second-order valence-electron chi connectivity index (χ2n) is 8.87. The van der Waals surface area contributed by atoms with Crippen LogP contribution in [0.3, 0.4) is 0 Å². The molecule has 184 valence electrons. The van der Waals surface area contributed by atoms with Crippen LogP contribution in [-0.4, -0.2) is 22.1 Å². The quantitative estimate of drug-likeness (QED) is 0.207. The highest BCUT2D eigenvalue weighted by Crippen LogP contribution is 2.48. The van der Waals surface area contributed by atoms with Gasteiger partial charge in [0.1, 0.15) is 5.75 Å². The second-order valence-corrected chi connectivity index (χ2v) is 9.97. The summed E-state index contributed by atoms with van der Waals surface area (Å²) >= 11 is 1.69. The lowest BCUT2D eigenvalue weighted by Crippen LogP contribution is -2.38. The molecular formula is C30H29NO4S. The van der Waals surface area contributed by atoms with Gasteiger partial charge in [0.05, 0.1) is 18.8 Å². The zero-order chi connectivity index (χ0) is 24.9. The Kier molecular flexibility index (Phi) is 7.58. The molecule has 5 nitrogen and oxygen atoms in total. The van der Waals surface area contributed by atoms with Gasteiger partial charge in [-0.1, -0.05) is 66.7 Å². The maximum absolute atomic E-state index is 9.67. The molecule has 1 fully saturated rings. The normalized spacial score (nSPS) is 21.8. The van der Waals surface area contributed by atoms with Crippen molar-refractivity contribution in [2.75, 3.05) is 11.5 Å². The van der Waals surface area contributed by atoms with Crippen LogP contribution < -0.4 is 5.73 Å². The van der Waals surface area contributed by atoms with Crippen LogP contribution >= 0.6 is 11.8 Å². The first-order valence-electron chi connectivity index (χ1n) is 11.9. The molecule has 4 unspecified atom stereocenters. The number of hydrogen-bond donors (Lipinski definition) is 3. The van der Waals surface area contributed by atoms with Crippen LogP contribution in [0.2, 0.25) is 0 Å². The average molecular weight is 500 g/mol. The fourth-order valence-corrected chi connectivity index (χ4v) is 5.55. The molecule has 6 heteroatoms. The number of phenolic OH excluding ortho intramolecular Hbond substituents is 1. The molecule has 0 radical (unpaired) electrons. The first kappa shape index (κ1) is 24.4. The molecule has 4 aromatic rings. The summed E-state index contributed by atoms with van der Waals surface area (Å²) in [4.78, 5) is 1.05. The first-order chi connectivity index (χ1) is 17.6. The number of ether oxygens (including phenoxy) is 2. The van der Waals surface area contributed by atoms with Crippen LogP contribution in [0, 0.1) is 0 Å². The van der Waals surface area contributed by atoms with Gasteiger partial charge in [-0.15, -0.1) is 11.8 Å². The highest BCUT2D eigenvalue weighted by Gasteiger charge is 2.41. The van der Waals surface area contributed by atoms with Crippen LogP contribution in [0.1, 0.15) is 40.6 Å². The Labute approximate surface area is 215 Å². The Morgan fingerprint density at radius 3 is 2.17 bits per heavy atom. The number of phenols is 1. The summed E-state index contributed by atoms with van der Waals surface area (Å²) in [6.07, 6.45) is -1.03. The van der Waals surface area contributed by atoms with Crippen LogP contribution in [0.15, 0.2) is 108 Å². The van der Waals surface area contributed by atoms with E-state index in [0.717, 1.165) is 27.1 Å². The number of aliphatic hydroxyl groups excluding tert-OH is 1. The highest BCUT2D eigenvalue weighted by atomic mass is 32.2. The van der Waals surface area contributed by atoms with Crippen molar-refractivity contribution < 1.29 is 19.7 Å². The molecule has 4 N–H and O–H groups in total. The fourth-order valence-electron chi connectivity index (χ4n) is 4.58. The molecular weight excluding hydrogens is 470 g/mol. The van der Waals surface area contributed by atoms with Gasteiger partial charge in [0, 0.05) is 27.8 Å². The lowest BCUT2D eigenvalue weighted by molar-refractivity contribution is -0.255. The van der Waals surface area contributed by atoms with E-state index in [9.17, 15) is 10.2 Å². The average Bonchev–Trinajstić information content (AvgIpc) is 2.93. The summed E-state index contributed by atoms with van der Waals surface area (Å²) in [6, 6.07) is 33.1. The van der Waals surface area contributed by atoms with Crippen molar-refractivity contribution in [2.45, 2.75) is 35.9 Å². The minimum absolute atomic E-state index is 0.00512. The number of rotatable bonds is 7. The van der Waals surface area contributed by atoms with Gasteiger partial charge in [-0.2, -0.15) is 0 Å². The third-order valence-electron chi connectivity index (χ3n) is 6.40. The molecule has 36 heavy (non-hydrogen) atoms. The Hall–Kier alpha value is -3.29. The van der Waals surface area contributed by atoms with Gasteiger partial charge < -0.3 is 25.4 Å². The van der Waals surface area contributed by atoms with E-state index in [1.807, 2.05) is 78.9 Å². The van der Waals surface area contributed by atoms with Crippen LogP contribution in [-0.2, 0) is 16.1 Å². The molecule has 0 saturated carbocycles. The number of anilines is 1. The standard InChI is InChI=1S/C30H29NO4S/c31-24-8-4-7-23(17-24)30-34-27(19-36-26-15-13-25(33)14-16-26)28(21-5-2-1-3-6-21)29(35-30)22-11-9-20(18-32)10-12-22/h1-17,27-30,32-33H,18-19,31H2. The summed E-state index contributed by atoms with van der Waals surface area (Å²) in [7, 11) is 0. The zero-order valence-electron chi connectivity index (χ0n) is 19.7. The first-order valence-corrected chi connectivity index (χ1v) is 12.9. The Morgan fingerprint density at radius 2 is 1.47 bits per heavy atom. The van der Waals surface area contributed by atoms with E-state index in [-0.39, 0.29) is 30.5 Å². The predicted molar refractivity (Wildman–Crippen MR) is 143 cm³/mol. The van der Waals surface area contributed by atoms with Crippen molar-refractivity contribution in [3.63, 3.8) is 0 Å². The van der Waals surface area contributed by atoms with E-state index in [2.05, 4.69) is 12.1 Å². The predicted octanol–water partition coefficient (Wildman–Crippen LogP) is 6.20. The van der Waals surface area contributed by atoms with Crippen molar-refractivity contribution in [1.82, 2.24) is 0 Å². The van der Waals surface area contributed by atoms with Gasteiger partial charge >= 0.3 is 0 Å². The highest BCUT2D eigenvalue weighted by molar-refractivity contribution is 7.99. The Bertz CT molecular complexity index is 1260. The van der Waals surface area contributed by atoms with Crippen molar-refractivity contribution in [3.8, 4) is 5.75 Å². The van der Waals surface area contributed by atoms with E-state index in [1.165, 1.54) is 0 Å². The van der Waals surface area contributed by atoms with Gasteiger partial charge in [0.2, 0.25) is 0 Å². The third-order valence-corrected chi connectivity index (χ3v) is 7.51. The Morgan fingerprint density at radius 1 is 0.750 bits per heavy atom. The summed E-state index contributed by atoms with van der Waals surface area (Å²) in [5.74, 6) is 0.877. The number of benzene rings is 4. The number of nitrogens with two attached hydrogens (primary N) is 1. The van der Waals surface area contributed by atoms with E-state index in [4.69, 9.17) is 15.2 Å². The third kappa shape index (κ3) is 5.58. The summed E-state index contributed by atoms with van der Waals surface area (Å²) in [5, 5.41) is 19.2. The monoisotopic (exact) mass is 499 g/mol. The molecule has 0 aliphatic carbocycles. The van der Waals surface area contributed by atoms with Gasteiger partial charge in [0.25, 0.3) is 0 Å². The van der Waals surface area contributed by atoms with Crippen LogP contribution in [0.5, 0.6) is 5.75 Å². The lowest BCUT2D eigenvalue weighted by atomic mass is 9.84. The largest absolute Gasteiger partial charge is 0.508 e. The molecule has 0 amide bonds. The topological polar surface area (TPSA) is 84.9 Å². The Balaban J connectivity index is 1.53. The van der Waals surface area contributed by atoms with Crippen LogP contribution in [0.4, 0.5) is 5.69 Å². The summed E-state index contributed by atoms with van der Waals surface area (Å²) in [6.45, 7) is -0.00512. The number of aromatic hydroxyl groups is 1. The van der Waals surface area contributed by atoms with Crippen LogP contribution in [0.25, 0.3) is 0 Å². The van der Waals surface area contributed by atoms with Gasteiger partial charge in [-0.25, -0.2) is 0 Å². The summed E-state index contributed by atoms with van der Waals surface area (Å²) < 4.78 is 13.3. The van der Waals surface area contributed by atoms with E-state index in [0.29, 0.717) is 11.4 Å². The number of nitrogen functional groups attached to an aromatic ring is 1. The van der Waals surface area contributed by atoms with E-state index in [1.54, 1.807) is 23.9 Å². The van der Waals surface area contributed by atoms with E-state index < -0.39 is 6.29 Å². The molecule has 1 aliphatic heterocycles. The molecule has 1 aliphatic rings. The lowest BCUT2D eigenvalue weighted by Gasteiger charge is -2.43. The number of hydrogen-bond acceptors (Lipinski definition) is 6. The molecule has 0 bridgehead atoms.